The van der Waals surface area contributed by atoms with E-state index in [0.717, 1.165) is 12.0 Å². The summed E-state index contributed by atoms with van der Waals surface area (Å²) in [5.41, 5.74) is 2.12. The van der Waals surface area contributed by atoms with Gasteiger partial charge < -0.3 is 19.7 Å². The number of aromatic hydroxyl groups is 2. The molecule has 0 aliphatic heterocycles. The van der Waals surface area contributed by atoms with Crippen molar-refractivity contribution in [3.8, 4) is 23.0 Å². The molecule has 0 saturated carbocycles. The molecule has 6 heteroatoms. The number of hydrogen-bond donors (Lipinski definition) is 2. The molecule has 158 valence electrons. The Kier molecular flexibility index (Phi) is 8.23. The van der Waals surface area contributed by atoms with Crippen molar-refractivity contribution in [1.82, 2.24) is 0 Å². The quantitative estimate of drug-likeness (QED) is 0.448. The van der Waals surface area contributed by atoms with Crippen molar-refractivity contribution in [3.05, 3.63) is 59.2 Å². The van der Waals surface area contributed by atoms with E-state index in [4.69, 9.17) is 9.47 Å². The van der Waals surface area contributed by atoms with Crippen molar-refractivity contribution in [2.75, 3.05) is 14.2 Å². The number of ketones is 2. The molecule has 30 heavy (non-hydrogen) atoms. The molecule has 0 unspecified atom stereocenters. The van der Waals surface area contributed by atoms with Gasteiger partial charge in [0.1, 0.15) is 0 Å². The number of hydrogen-bond acceptors (Lipinski definition) is 6. The molecule has 6 nitrogen and oxygen atoms in total. The van der Waals surface area contributed by atoms with E-state index in [1.807, 2.05) is 6.92 Å². The predicted molar refractivity (Wildman–Crippen MR) is 116 cm³/mol. The van der Waals surface area contributed by atoms with Gasteiger partial charge >= 0.3 is 0 Å². The van der Waals surface area contributed by atoms with Gasteiger partial charge in [0.2, 0.25) is 0 Å². The van der Waals surface area contributed by atoms with Crippen LogP contribution in [0.3, 0.4) is 0 Å². The minimum absolute atomic E-state index is 0.00856. The van der Waals surface area contributed by atoms with Crippen molar-refractivity contribution < 1.29 is 29.3 Å². The van der Waals surface area contributed by atoms with Gasteiger partial charge in [-0.15, -0.1) is 0 Å². The fraction of sp³-hybridized carbons (Fsp3) is 0.250. The van der Waals surface area contributed by atoms with Crippen LogP contribution >= 0.6 is 0 Å². The Morgan fingerprint density at radius 2 is 1.50 bits per heavy atom. The molecule has 0 saturated heterocycles. The molecule has 0 spiro atoms. The van der Waals surface area contributed by atoms with E-state index in [1.54, 1.807) is 36.4 Å². The van der Waals surface area contributed by atoms with Crippen molar-refractivity contribution in [2.45, 2.75) is 26.2 Å². The Balaban J connectivity index is 2.03. The minimum atomic E-state index is -0.341. The SMILES string of the molecule is CCCc1cc(/C=C/C(=O)CC(=O)/C=C/c2ccc(O)c(OC)c2)cc(OC)c1O. The maximum absolute atomic E-state index is 12.1. The first kappa shape index (κ1) is 22.7. The highest BCUT2D eigenvalue weighted by atomic mass is 16.5. The number of carbonyl (C=O) groups excluding carboxylic acids is 2. The van der Waals surface area contributed by atoms with Gasteiger partial charge in [-0.1, -0.05) is 31.6 Å². The smallest absolute Gasteiger partial charge is 0.163 e. The monoisotopic (exact) mass is 410 g/mol. The number of methoxy groups -OCH3 is 2. The van der Waals surface area contributed by atoms with Gasteiger partial charge in [0.15, 0.2) is 34.6 Å². The van der Waals surface area contributed by atoms with Crippen molar-refractivity contribution in [3.63, 3.8) is 0 Å². The molecule has 2 N–H and O–H groups in total. The van der Waals surface area contributed by atoms with Gasteiger partial charge in [0, 0.05) is 0 Å². The molecule has 2 rings (SSSR count). The van der Waals surface area contributed by atoms with Crippen LogP contribution in [0.4, 0.5) is 0 Å². The van der Waals surface area contributed by atoms with Gasteiger partial charge in [-0.3, -0.25) is 9.59 Å². The van der Waals surface area contributed by atoms with E-state index in [9.17, 15) is 19.8 Å². The summed E-state index contributed by atoms with van der Waals surface area (Å²) in [6, 6.07) is 8.13. The van der Waals surface area contributed by atoms with Gasteiger partial charge in [-0.25, -0.2) is 0 Å². The summed E-state index contributed by atoms with van der Waals surface area (Å²) in [4.78, 5) is 24.2. The molecule has 0 heterocycles. The van der Waals surface area contributed by atoms with Gasteiger partial charge in [-0.05, 0) is 59.5 Å². The average Bonchev–Trinajstić information content (AvgIpc) is 2.73. The maximum atomic E-state index is 12.1. The summed E-state index contributed by atoms with van der Waals surface area (Å²) >= 11 is 0. The molecule has 0 aliphatic rings. The van der Waals surface area contributed by atoms with E-state index in [0.29, 0.717) is 29.0 Å². The Bertz CT molecular complexity index is 972. The Hall–Kier alpha value is -3.54. The summed E-state index contributed by atoms with van der Waals surface area (Å²) in [5.74, 6) is 0.0821. The second kappa shape index (κ2) is 10.9. The first-order chi connectivity index (χ1) is 14.4. The fourth-order valence-corrected chi connectivity index (χ4v) is 2.87. The summed E-state index contributed by atoms with van der Waals surface area (Å²) in [7, 11) is 2.91. The highest BCUT2D eigenvalue weighted by Gasteiger charge is 2.10. The predicted octanol–water partition coefficient (Wildman–Crippen LogP) is 4.32. The molecule has 0 amide bonds. The topological polar surface area (TPSA) is 93.1 Å². The van der Waals surface area contributed by atoms with Crippen LogP contribution in [0.5, 0.6) is 23.0 Å². The minimum Gasteiger partial charge on any atom is -0.504 e. The third kappa shape index (κ3) is 6.24. The molecule has 2 aromatic rings. The number of rotatable bonds is 10. The number of benzene rings is 2. The summed E-state index contributed by atoms with van der Waals surface area (Å²) in [6.45, 7) is 2.01. The van der Waals surface area contributed by atoms with Crippen LogP contribution in [0, 0.1) is 0 Å². The zero-order chi connectivity index (χ0) is 22.1. The summed E-state index contributed by atoms with van der Waals surface area (Å²) < 4.78 is 10.2. The Morgan fingerprint density at radius 3 is 2.10 bits per heavy atom. The van der Waals surface area contributed by atoms with Crippen LogP contribution in [-0.2, 0) is 16.0 Å². The number of carbonyl (C=O) groups is 2. The highest BCUT2D eigenvalue weighted by Crippen LogP contribution is 2.32. The number of ether oxygens (including phenoxy) is 2. The van der Waals surface area contributed by atoms with E-state index in [2.05, 4.69) is 0 Å². The Labute approximate surface area is 176 Å². The first-order valence-electron chi connectivity index (χ1n) is 9.56. The normalized spacial score (nSPS) is 11.2. The second-order valence-corrected chi connectivity index (χ2v) is 6.69. The highest BCUT2D eigenvalue weighted by molar-refractivity contribution is 6.10. The van der Waals surface area contributed by atoms with E-state index in [-0.39, 0.29) is 29.5 Å². The molecule has 0 radical (unpaired) electrons. The van der Waals surface area contributed by atoms with E-state index >= 15 is 0 Å². The molecule has 0 aromatic heterocycles. The van der Waals surface area contributed by atoms with Gasteiger partial charge in [0.25, 0.3) is 0 Å². The molecular weight excluding hydrogens is 384 g/mol. The van der Waals surface area contributed by atoms with Gasteiger partial charge in [-0.2, -0.15) is 0 Å². The standard InChI is InChI=1S/C24H26O6/c1-4-5-18-12-17(14-23(30-3)24(18)28)7-10-20(26)15-19(25)9-6-16-8-11-21(27)22(13-16)29-2/h6-14,27-28H,4-5,15H2,1-3H3/b9-6+,10-7+. The number of phenols is 2. The van der Waals surface area contributed by atoms with Crippen molar-refractivity contribution >= 4 is 23.7 Å². The summed E-state index contributed by atoms with van der Waals surface area (Å²) in [5, 5.41) is 19.7. The lowest BCUT2D eigenvalue weighted by atomic mass is 10.0. The third-order valence-corrected chi connectivity index (χ3v) is 4.39. The van der Waals surface area contributed by atoms with Crippen molar-refractivity contribution in [2.24, 2.45) is 0 Å². The van der Waals surface area contributed by atoms with Crippen LogP contribution in [0.15, 0.2) is 42.5 Å². The number of phenolic OH excluding ortho intramolecular Hbond substituents is 2. The van der Waals surface area contributed by atoms with Crippen LogP contribution in [0.1, 0.15) is 36.5 Å². The van der Waals surface area contributed by atoms with Crippen LogP contribution < -0.4 is 9.47 Å². The lowest BCUT2D eigenvalue weighted by Gasteiger charge is -2.10. The Morgan fingerprint density at radius 1 is 0.900 bits per heavy atom. The van der Waals surface area contributed by atoms with E-state index < -0.39 is 0 Å². The van der Waals surface area contributed by atoms with E-state index in [1.165, 1.54) is 32.4 Å². The largest absolute Gasteiger partial charge is 0.504 e. The zero-order valence-electron chi connectivity index (χ0n) is 17.3. The molecule has 0 aliphatic carbocycles. The second-order valence-electron chi connectivity index (χ2n) is 6.69. The molecule has 0 fully saturated rings. The zero-order valence-corrected chi connectivity index (χ0v) is 17.3. The lowest BCUT2D eigenvalue weighted by molar-refractivity contribution is -0.121. The van der Waals surface area contributed by atoms with Crippen LogP contribution in [-0.4, -0.2) is 36.0 Å². The van der Waals surface area contributed by atoms with Crippen LogP contribution in [0.2, 0.25) is 0 Å². The fourth-order valence-electron chi connectivity index (χ4n) is 2.87. The number of allylic oxidation sites excluding steroid dienone is 2. The molecule has 0 bridgehead atoms. The van der Waals surface area contributed by atoms with Gasteiger partial charge in [0.05, 0.1) is 20.6 Å². The van der Waals surface area contributed by atoms with Crippen LogP contribution in [0.25, 0.3) is 12.2 Å². The third-order valence-electron chi connectivity index (χ3n) is 4.39. The molecule has 2 aromatic carbocycles. The molecule has 0 atom stereocenters. The lowest BCUT2D eigenvalue weighted by Crippen LogP contribution is -2.02. The van der Waals surface area contributed by atoms with Crippen molar-refractivity contribution in [1.29, 1.82) is 0 Å². The first-order valence-corrected chi connectivity index (χ1v) is 9.56. The number of aryl methyl sites for hydroxylation is 1. The maximum Gasteiger partial charge on any atom is 0.163 e. The summed E-state index contributed by atoms with van der Waals surface area (Å²) in [6.07, 6.45) is 7.10. The average molecular weight is 410 g/mol. The molecular formula is C24H26O6.